The third-order valence-corrected chi connectivity index (χ3v) is 3.67. The Kier molecular flexibility index (Phi) is 4.12. The van der Waals surface area contributed by atoms with E-state index < -0.39 is 0 Å². The van der Waals surface area contributed by atoms with Gasteiger partial charge in [0.2, 0.25) is 0 Å². The molecule has 3 heterocycles. The Hall–Kier alpha value is -2.39. The van der Waals surface area contributed by atoms with Crippen LogP contribution in [0.1, 0.15) is 12.8 Å². The first-order valence-electron chi connectivity index (χ1n) is 7.08. The number of hydrogen-bond acceptors (Lipinski definition) is 5. The van der Waals surface area contributed by atoms with Crippen molar-refractivity contribution in [2.45, 2.75) is 18.9 Å². The number of pyridine rings is 1. The van der Waals surface area contributed by atoms with Gasteiger partial charge in [-0.25, -0.2) is 14.6 Å². The summed E-state index contributed by atoms with van der Waals surface area (Å²) in [6.45, 7) is 2.85. The Morgan fingerprint density at radius 3 is 2.81 bits per heavy atom. The van der Waals surface area contributed by atoms with Crippen molar-refractivity contribution in [1.82, 2.24) is 24.6 Å². The summed E-state index contributed by atoms with van der Waals surface area (Å²) in [6.07, 6.45) is 12.5. The van der Waals surface area contributed by atoms with E-state index in [1.807, 2.05) is 18.3 Å². The molecule has 1 aliphatic rings. The van der Waals surface area contributed by atoms with Gasteiger partial charge >= 0.3 is 0 Å². The zero-order valence-electron chi connectivity index (χ0n) is 11.8. The molecular weight excluding hydrogens is 264 g/mol. The van der Waals surface area contributed by atoms with Gasteiger partial charge in [0.05, 0.1) is 18.4 Å². The molecule has 0 saturated carbocycles. The molecule has 1 aliphatic heterocycles. The molecule has 6 heteroatoms. The second kappa shape index (κ2) is 6.37. The van der Waals surface area contributed by atoms with Gasteiger partial charge in [0.15, 0.2) is 5.82 Å². The van der Waals surface area contributed by atoms with E-state index in [0.717, 1.165) is 44.0 Å². The summed E-state index contributed by atoms with van der Waals surface area (Å²) in [6, 6.07) is 4.44. The Labute approximate surface area is 124 Å². The molecular formula is C15H18N6. The van der Waals surface area contributed by atoms with Crippen molar-refractivity contribution in [2.24, 2.45) is 0 Å². The minimum absolute atomic E-state index is 0.484. The maximum Gasteiger partial charge on any atom is 0.155 e. The van der Waals surface area contributed by atoms with Gasteiger partial charge in [-0.05, 0) is 25.0 Å². The number of nitrogens with one attached hydrogen (secondary N) is 1. The van der Waals surface area contributed by atoms with Crippen molar-refractivity contribution < 1.29 is 0 Å². The number of nitrogens with zero attached hydrogens (tertiary/aromatic N) is 5. The van der Waals surface area contributed by atoms with Crippen molar-refractivity contribution in [3.05, 3.63) is 31.0 Å². The number of terminal acetylenes is 1. The van der Waals surface area contributed by atoms with Gasteiger partial charge in [-0.1, -0.05) is 5.92 Å². The van der Waals surface area contributed by atoms with E-state index in [-0.39, 0.29) is 0 Å². The predicted molar refractivity (Wildman–Crippen MR) is 81.1 cm³/mol. The molecule has 0 radical (unpaired) electrons. The zero-order valence-corrected chi connectivity index (χ0v) is 11.8. The van der Waals surface area contributed by atoms with E-state index in [9.17, 15) is 0 Å². The highest BCUT2D eigenvalue weighted by Crippen LogP contribution is 2.16. The molecule has 2 aromatic rings. The van der Waals surface area contributed by atoms with E-state index in [0.29, 0.717) is 6.04 Å². The Bertz CT molecular complexity index is 590. The van der Waals surface area contributed by atoms with Gasteiger partial charge in [-0.2, -0.15) is 5.10 Å². The lowest BCUT2D eigenvalue weighted by atomic mass is 10.0. The maximum atomic E-state index is 5.34. The fraction of sp³-hybridized carbons (Fsp3) is 0.400. The normalized spacial score (nSPS) is 16.5. The topological polar surface area (TPSA) is 58.9 Å². The van der Waals surface area contributed by atoms with Crippen molar-refractivity contribution in [1.29, 1.82) is 0 Å². The first-order valence-corrected chi connectivity index (χ1v) is 7.08. The smallest absolute Gasteiger partial charge is 0.155 e. The quantitative estimate of drug-likeness (QED) is 0.853. The van der Waals surface area contributed by atoms with Gasteiger partial charge < -0.3 is 5.32 Å². The van der Waals surface area contributed by atoms with Crippen molar-refractivity contribution in [3.8, 4) is 18.2 Å². The molecule has 0 bridgehead atoms. The van der Waals surface area contributed by atoms with Gasteiger partial charge in [0.25, 0.3) is 0 Å². The molecule has 108 valence electrons. The number of anilines is 1. The van der Waals surface area contributed by atoms with Crippen LogP contribution in [0.2, 0.25) is 0 Å². The lowest BCUT2D eigenvalue weighted by molar-refractivity contribution is 0.243. The first-order chi connectivity index (χ1) is 10.3. The van der Waals surface area contributed by atoms with Gasteiger partial charge in [0.1, 0.15) is 12.7 Å². The van der Waals surface area contributed by atoms with Crippen LogP contribution < -0.4 is 5.32 Å². The van der Waals surface area contributed by atoms with E-state index in [1.54, 1.807) is 11.0 Å². The maximum absolute atomic E-state index is 5.34. The van der Waals surface area contributed by atoms with Crippen molar-refractivity contribution in [3.63, 3.8) is 0 Å². The highest BCUT2D eigenvalue weighted by Gasteiger charge is 2.18. The molecule has 1 fully saturated rings. The third-order valence-electron chi connectivity index (χ3n) is 3.67. The van der Waals surface area contributed by atoms with Crippen LogP contribution in [0.3, 0.4) is 0 Å². The van der Waals surface area contributed by atoms with Crippen LogP contribution in [-0.2, 0) is 0 Å². The monoisotopic (exact) mass is 282 g/mol. The Morgan fingerprint density at radius 1 is 1.33 bits per heavy atom. The summed E-state index contributed by atoms with van der Waals surface area (Å²) in [7, 11) is 0. The molecule has 0 aromatic carbocycles. The third kappa shape index (κ3) is 3.38. The fourth-order valence-corrected chi connectivity index (χ4v) is 2.53. The summed E-state index contributed by atoms with van der Waals surface area (Å²) >= 11 is 0. The van der Waals surface area contributed by atoms with E-state index in [4.69, 9.17) is 6.42 Å². The standard InChI is InChI=1S/C15H18N6/c1-2-7-20-8-5-13(6-9-20)19-14-3-4-15(17-10-14)21-12-16-11-18-21/h1,3-4,10-13,19H,5-9H2. The second-order valence-corrected chi connectivity index (χ2v) is 5.14. The number of hydrogen-bond donors (Lipinski definition) is 1. The Balaban J connectivity index is 1.56. The van der Waals surface area contributed by atoms with Crippen LogP contribution in [0.25, 0.3) is 5.82 Å². The fourth-order valence-electron chi connectivity index (χ4n) is 2.53. The molecule has 0 aliphatic carbocycles. The van der Waals surface area contributed by atoms with Crippen LogP contribution in [0.4, 0.5) is 5.69 Å². The molecule has 3 rings (SSSR count). The molecule has 1 N–H and O–H groups in total. The van der Waals surface area contributed by atoms with E-state index in [2.05, 4.69) is 31.2 Å². The highest BCUT2D eigenvalue weighted by molar-refractivity contribution is 5.44. The molecule has 0 atom stereocenters. The van der Waals surface area contributed by atoms with Crippen LogP contribution in [-0.4, -0.2) is 50.3 Å². The summed E-state index contributed by atoms with van der Waals surface area (Å²) < 4.78 is 1.64. The van der Waals surface area contributed by atoms with E-state index in [1.165, 1.54) is 6.33 Å². The van der Waals surface area contributed by atoms with Gasteiger partial charge in [-0.15, -0.1) is 6.42 Å². The van der Waals surface area contributed by atoms with Gasteiger partial charge in [0, 0.05) is 19.1 Å². The summed E-state index contributed by atoms with van der Waals surface area (Å²) in [5.74, 6) is 3.47. The largest absolute Gasteiger partial charge is 0.381 e. The molecule has 21 heavy (non-hydrogen) atoms. The lowest BCUT2D eigenvalue weighted by Gasteiger charge is -2.31. The van der Waals surface area contributed by atoms with Crippen LogP contribution in [0.15, 0.2) is 31.0 Å². The van der Waals surface area contributed by atoms with E-state index >= 15 is 0 Å². The minimum atomic E-state index is 0.484. The van der Waals surface area contributed by atoms with Crippen molar-refractivity contribution in [2.75, 3.05) is 25.0 Å². The SMILES string of the molecule is C#CCN1CCC(Nc2ccc(-n3cncn3)nc2)CC1. The molecule has 6 nitrogen and oxygen atoms in total. The average Bonchev–Trinajstić information content (AvgIpc) is 3.05. The van der Waals surface area contributed by atoms with Crippen LogP contribution in [0, 0.1) is 12.3 Å². The first kappa shape index (κ1) is 13.6. The zero-order chi connectivity index (χ0) is 14.5. The summed E-state index contributed by atoms with van der Waals surface area (Å²) in [5.41, 5.74) is 1.04. The van der Waals surface area contributed by atoms with Crippen LogP contribution >= 0.6 is 0 Å². The molecule has 0 spiro atoms. The van der Waals surface area contributed by atoms with Crippen molar-refractivity contribution >= 4 is 5.69 Å². The number of piperidine rings is 1. The lowest BCUT2D eigenvalue weighted by Crippen LogP contribution is -2.39. The molecule has 1 saturated heterocycles. The van der Waals surface area contributed by atoms with Gasteiger partial charge in [-0.3, -0.25) is 4.90 Å². The average molecular weight is 282 g/mol. The Morgan fingerprint density at radius 2 is 2.19 bits per heavy atom. The summed E-state index contributed by atoms with van der Waals surface area (Å²) in [5, 5.41) is 7.59. The highest BCUT2D eigenvalue weighted by atomic mass is 15.3. The number of likely N-dealkylation sites (tertiary alicyclic amines) is 1. The minimum Gasteiger partial charge on any atom is -0.381 e. The number of rotatable bonds is 4. The predicted octanol–water partition coefficient (Wildman–Crippen LogP) is 1.17. The van der Waals surface area contributed by atoms with Crippen LogP contribution in [0.5, 0.6) is 0 Å². The second-order valence-electron chi connectivity index (χ2n) is 5.14. The molecule has 0 unspecified atom stereocenters. The molecule has 2 aromatic heterocycles. The number of aromatic nitrogens is 4. The molecule has 0 amide bonds. The summed E-state index contributed by atoms with van der Waals surface area (Å²) in [4.78, 5) is 10.6.